The van der Waals surface area contributed by atoms with Gasteiger partial charge in [-0.05, 0) is 42.9 Å². The van der Waals surface area contributed by atoms with Crippen molar-refractivity contribution in [3.8, 4) is 11.5 Å². The molecule has 0 saturated heterocycles. The summed E-state index contributed by atoms with van der Waals surface area (Å²) in [7, 11) is 1.89. The first-order valence-corrected chi connectivity index (χ1v) is 5.94. The summed E-state index contributed by atoms with van der Waals surface area (Å²) in [5.41, 5.74) is 1.37. The number of carboxylic acids is 1. The maximum Gasteiger partial charge on any atom is 0.335 e. The lowest BCUT2D eigenvalue weighted by Crippen LogP contribution is -2.04. The lowest BCUT2D eigenvalue weighted by molar-refractivity contribution is 0.0696. The standard InChI is InChI=1S/C15H15NO3/c1-16-10-11-5-7-13(8-6-11)19-14-4-2-3-12(9-14)15(17)18/h2-9,16H,10H2,1H3,(H,17,18). The average molecular weight is 257 g/mol. The molecule has 19 heavy (non-hydrogen) atoms. The van der Waals surface area contributed by atoms with Crippen LogP contribution >= 0.6 is 0 Å². The van der Waals surface area contributed by atoms with Gasteiger partial charge in [-0.15, -0.1) is 0 Å². The Morgan fingerprint density at radius 3 is 2.53 bits per heavy atom. The molecule has 2 N–H and O–H groups in total. The van der Waals surface area contributed by atoms with Crippen molar-refractivity contribution in [1.29, 1.82) is 0 Å². The number of ether oxygens (including phenoxy) is 1. The molecule has 0 atom stereocenters. The van der Waals surface area contributed by atoms with Gasteiger partial charge in [0.15, 0.2) is 0 Å². The minimum absolute atomic E-state index is 0.212. The van der Waals surface area contributed by atoms with E-state index in [1.807, 2.05) is 31.3 Å². The molecule has 0 bridgehead atoms. The second-order valence-electron chi connectivity index (χ2n) is 4.11. The van der Waals surface area contributed by atoms with Crippen LogP contribution < -0.4 is 10.1 Å². The highest BCUT2D eigenvalue weighted by atomic mass is 16.5. The van der Waals surface area contributed by atoms with Gasteiger partial charge in [0.05, 0.1) is 5.56 Å². The van der Waals surface area contributed by atoms with Gasteiger partial charge in [-0.1, -0.05) is 18.2 Å². The molecule has 2 aromatic carbocycles. The molecule has 0 fully saturated rings. The number of carboxylic acid groups (broad SMARTS) is 1. The lowest BCUT2D eigenvalue weighted by atomic mass is 10.2. The van der Waals surface area contributed by atoms with E-state index in [4.69, 9.17) is 9.84 Å². The third-order valence-electron chi connectivity index (χ3n) is 2.62. The van der Waals surface area contributed by atoms with E-state index in [0.717, 1.165) is 12.1 Å². The van der Waals surface area contributed by atoms with Crippen LogP contribution in [0.5, 0.6) is 11.5 Å². The van der Waals surface area contributed by atoms with Crippen molar-refractivity contribution in [2.45, 2.75) is 6.54 Å². The van der Waals surface area contributed by atoms with E-state index in [-0.39, 0.29) is 5.56 Å². The highest BCUT2D eigenvalue weighted by Crippen LogP contribution is 2.22. The first-order valence-electron chi connectivity index (χ1n) is 5.94. The Labute approximate surface area is 111 Å². The summed E-state index contributed by atoms with van der Waals surface area (Å²) >= 11 is 0. The third kappa shape index (κ3) is 3.56. The van der Waals surface area contributed by atoms with Crippen molar-refractivity contribution in [2.75, 3.05) is 7.05 Å². The molecule has 0 aromatic heterocycles. The molecule has 0 radical (unpaired) electrons. The van der Waals surface area contributed by atoms with Crippen LogP contribution in [0.25, 0.3) is 0 Å². The Bertz CT molecular complexity index is 564. The second-order valence-corrected chi connectivity index (χ2v) is 4.11. The maximum atomic E-state index is 10.9. The van der Waals surface area contributed by atoms with E-state index >= 15 is 0 Å². The first kappa shape index (κ1) is 13.1. The largest absolute Gasteiger partial charge is 0.478 e. The molecule has 0 unspecified atom stereocenters. The average Bonchev–Trinajstić information content (AvgIpc) is 2.42. The summed E-state index contributed by atoms with van der Waals surface area (Å²) in [6.07, 6.45) is 0. The molecule has 4 nitrogen and oxygen atoms in total. The SMILES string of the molecule is CNCc1ccc(Oc2cccc(C(=O)O)c2)cc1. The van der Waals surface area contributed by atoms with Gasteiger partial charge >= 0.3 is 5.97 Å². The predicted octanol–water partition coefficient (Wildman–Crippen LogP) is 2.90. The van der Waals surface area contributed by atoms with Crippen LogP contribution in [-0.2, 0) is 6.54 Å². The molecule has 98 valence electrons. The predicted molar refractivity (Wildman–Crippen MR) is 72.7 cm³/mol. The van der Waals surface area contributed by atoms with Crippen LogP contribution in [0.1, 0.15) is 15.9 Å². The van der Waals surface area contributed by atoms with Crippen molar-refractivity contribution >= 4 is 5.97 Å². The molecule has 0 aliphatic rings. The molecular formula is C15H15NO3. The number of nitrogens with one attached hydrogen (secondary N) is 1. The maximum absolute atomic E-state index is 10.9. The quantitative estimate of drug-likeness (QED) is 0.864. The van der Waals surface area contributed by atoms with E-state index in [1.54, 1.807) is 12.1 Å². The molecule has 0 spiro atoms. The van der Waals surface area contributed by atoms with Crippen LogP contribution in [-0.4, -0.2) is 18.1 Å². The molecule has 2 aromatic rings. The highest BCUT2D eigenvalue weighted by Gasteiger charge is 2.04. The second kappa shape index (κ2) is 6.02. The zero-order valence-corrected chi connectivity index (χ0v) is 10.6. The summed E-state index contributed by atoms with van der Waals surface area (Å²) in [5, 5.41) is 12.0. The molecule has 2 rings (SSSR count). The Morgan fingerprint density at radius 2 is 1.89 bits per heavy atom. The molecule has 0 amide bonds. The van der Waals surface area contributed by atoms with Crippen LogP contribution in [0.2, 0.25) is 0 Å². The molecule has 0 aliphatic carbocycles. The fourth-order valence-electron chi connectivity index (χ4n) is 1.71. The van der Waals surface area contributed by atoms with Gasteiger partial charge in [0.1, 0.15) is 11.5 Å². The van der Waals surface area contributed by atoms with Crippen molar-refractivity contribution in [3.05, 3.63) is 59.7 Å². The molecule has 4 heteroatoms. The van der Waals surface area contributed by atoms with E-state index in [9.17, 15) is 4.79 Å². The van der Waals surface area contributed by atoms with Crippen LogP contribution in [0.4, 0.5) is 0 Å². The van der Waals surface area contributed by atoms with Crippen molar-refractivity contribution in [2.24, 2.45) is 0 Å². The van der Waals surface area contributed by atoms with Crippen molar-refractivity contribution < 1.29 is 14.6 Å². The number of rotatable bonds is 5. The van der Waals surface area contributed by atoms with Gasteiger partial charge in [-0.25, -0.2) is 4.79 Å². The van der Waals surface area contributed by atoms with Crippen LogP contribution in [0.15, 0.2) is 48.5 Å². The van der Waals surface area contributed by atoms with E-state index in [1.165, 1.54) is 12.1 Å². The number of hydrogen-bond donors (Lipinski definition) is 2. The lowest BCUT2D eigenvalue weighted by Gasteiger charge is -2.07. The van der Waals surface area contributed by atoms with E-state index in [0.29, 0.717) is 11.5 Å². The zero-order valence-electron chi connectivity index (χ0n) is 10.6. The molecule has 0 aliphatic heterocycles. The Kier molecular flexibility index (Phi) is 4.15. The van der Waals surface area contributed by atoms with Gasteiger partial charge in [-0.3, -0.25) is 0 Å². The topological polar surface area (TPSA) is 58.6 Å². The highest BCUT2D eigenvalue weighted by molar-refractivity contribution is 5.88. The first-order chi connectivity index (χ1) is 9.19. The Hall–Kier alpha value is -2.33. The minimum atomic E-state index is -0.963. The number of benzene rings is 2. The summed E-state index contributed by atoms with van der Waals surface area (Å²) < 4.78 is 5.62. The van der Waals surface area contributed by atoms with Crippen molar-refractivity contribution in [3.63, 3.8) is 0 Å². The van der Waals surface area contributed by atoms with E-state index < -0.39 is 5.97 Å². The van der Waals surface area contributed by atoms with Crippen LogP contribution in [0, 0.1) is 0 Å². The zero-order chi connectivity index (χ0) is 13.7. The number of carbonyl (C=O) groups is 1. The van der Waals surface area contributed by atoms with Gasteiger partial charge < -0.3 is 15.2 Å². The van der Waals surface area contributed by atoms with E-state index in [2.05, 4.69) is 5.32 Å². The van der Waals surface area contributed by atoms with Crippen LogP contribution in [0.3, 0.4) is 0 Å². The third-order valence-corrected chi connectivity index (χ3v) is 2.62. The normalized spacial score (nSPS) is 10.2. The monoisotopic (exact) mass is 257 g/mol. The van der Waals surface area contributed by atoms with Gasteiger partial charge in [0.25, 0.3) is 0 Å². The van der Waals surface area contributed by atoms with Gasteiger partial charge in [-0.2, -0.15) is 0 Å². The number of hydrogen-bond acceptors (Lipinski definition) is 3. The fraction of sp³-hybridized carbons (Fsp3) is 0.133. The Morgan fingerprint density at radius 1 is 1.16 bits per heavy atom. The van der Waals surface area contributed by atoms with Gasteiger partial charge in [0, 0.05) is 6.54 Å². The van der Waals surface area contributed by atoms with Gasteiger partial charge in [0.2, 0.25) is 0 Å². The summed E-state index contributed by atoms with van der Waals surface area (Å²) in [6, 6.07) is 14.1. The fourth-order valence-corrected chi connectivity index (χ4v) is 1.71. The molecule has 0 heterocycles. The minimum Gasteiger partial charge on any atom is -0.478 e. The summed E-state index contributed by atoms with van der Waals surface area (Å²) in [6.45, 7) is 0.800. The van der Waals surface area contributed by atoms with Crippen molar-refractivity contribution in [1.82, 2.24) is 5.32 Å². The smallest absolute Gasteiger partial charge is 0.335 e. The Balaban J connectivity index is 2.12. The summed E-state index contributed by atoms with van der Waals surface area (Å²) in [5.74, 6) is 0.235. The molecular weight excluding hydrogens is 242 g/mol. The number of aromatic carboxylic acids is 1. The molecule has 0 saturated carbocycles. The summed E-state index contributed by atoms with van der Waals surface area (Å²) in [4.78, 5) is 10.9.